The Morgan fingerprint density at radius 1 is 0.852 bits per heavy atom. The lowest BCUT2D eigenvalue weighted by atomic mass is 9.79. The number of nitrogens with one attached hydrogen (secondary N) is 1. The van der Waals surface area contributed by atoms with Crippen LogP contribution in [0.5, 0.6) is 0 Å². The number of likely N-dealkylation sites (tertiary alicyclic amines) is 3. The Bertz CT molecular complexity index is 491. The number of carbonyl (C=O) groups is 1. The van der Waals surface area contributed by atoms with Crippen molar-refractivity contribution in [2.45, 2.75) is 88.3 Å². The van der Waals surface area contributed by atoms with Crippen LogP contribution in [0.1, 0.15) is 70.6 Å². The third kappa shape index (κ3) is 4.35. The maximum Gasteiger partial charge on any atom is 0.240 e. The SMILES string of the molecule is CN1CCC(N2CCC[C@H](NC(=O)C3(N4CCCC4)CCCCC3)C2)CC1. The van der Waals surface area contributed by atoms with Gasteiger partial charge in [0.15, 0.2) is 0 Å². The van der Waals surface area contributed by atoms with Gasteiger partial charge in [-0.3, -0.25) is 14.6 Å². The molecule has 27 heavy (non-hydrogen) atoms. The van der Waals surface area contributed by atoms with Crippen LogP contribution in [0.4, 0.5) is 0 Å². The van der Waals surface area contributed by atoms with E-state index in [-0.39, 0.29) is 5.54 Å². The highest BCUT2D eigenvalue weighted by atomic mass is 16.2. The lowest BCUT2D eigenvalue weighted by molar-refractivity contribution is -0.136. The lowest BCUT2D eigenvalue weighted by Gasteiger charge is -2.46. The Balaban J connectivity index is 1.37. The minimum absolute atomic E-state index is 0.190. The number of carbonyl (C=O) groups excluding carboxylic acids is 1. The molecule has 3 saturated heterocycles. The molecular weight excluding hydrogens is 336 g/mol. The Morgan fingerprint density at radius 3 is 2.26 bits per heavy atom. The molecule has 0 radical (unpaired) electrons. The molecule has 5 nitrogen and oxygen atoms in total. The summed E-state index contributed by atoms with van der Waals surface area (Å²) >= 11 is 0. The van der Waals surface area contributed by atoms with Gasteiger partial charge in [0.25, 0.3) is 0 Å². The summed E-state index contributed by atoms with van der Waals surface area (Å²) in [6.07, 6.45) is 13.4. The van der Waals surface area contributed by atoms with Crippen molar-refractivity contribution < 1.29 is 4.79 Å². The second kappa shape index (κ2) is 8.79. The normalized spacial score (nSPS) is 31.8. The number of amides is 1. The first kappa shape index (κ1) is 19.7. The van der Waals surface area contributed by atoms with Crippen molar-refractivity contribution in [3.63, 3.8) is 0 Å². The van der Waals surface area contributed by atoms with E-state index >= 15 is 0 Å². The van der Waals surface area contributed by atoms with Crippen molar-refractivity contribution in [3.05, 3.63) is 0 Å². The van der Waals surface area contributed by atoms with E-state index in [1.807, 2.05) is 0 Å². The fraction of sp³-hybridized carbons (Fsp3) is 0.955. The number of nitrogens with zero attached hydrogens (tertiary/aromatic N) is 3. The molecule has 1 amide bonds. The molecule has 0 unspecified atom stereocenters. The molecule has 1 N–H and O–H groups in total. The monoisotopic (exact) mass is 376 g/mol. The van der Waals surface area contributed by atoms with Crippen LogP contribution in [-0.2, 0) is 4.79 Å². The van der Waals surface area contributed by atoms with Gasteiger partial charge in [0.05, 0.1) is 0 Å². The minimum Gasteiger partial charge on any atom is -0.350 e. The maximum absolute atomic E-state index is 13.5. The molecule has 0 spiro atoms. The fourth-order valence-electron chi connectivity index (χ4n) is 6.10. The summed E-state index contributed by atoms with van der Waals surface area (Å²) in [7, 11) is 2.23. The molecule has 3 heterocycles. The molecule has 4 rings (SSSR count). The summed E-state index contributed by atoms with van der Waals surface area (Å²) in [5.41, 5.74) is -0.190. The molecule has 0 aromatic carbocycles. The second-order valence-electron chi connectivity index (χ2n) is 9.63. The zero-order valence-electron chi connectivity index (χ0n) is 17.4. The third-order valence-electron chi connectivity index (χ3n) is 7.81. The van der Waals surface area contributed by atoms with E-state index in [2.05, 4.69) is 27.1 Å². The van der Waals surface area contributed by atoms with E-state index in [4.69, 9.17) is 0 Å². The predicted molar refractivity (Wildman–Crippen MR) is 110 cm³/mol. The van der Waals surface area contributed by atoms with Gasteiger partial charge in [-0.15, -0.1) is 0 Å². The molecule has 4 fully saturated rings. The Kier molecular flexibility index (Phi) is 6.40. The number of hydrogen-bond acceptors (Lipinski definition) is 4. The van der Waals surface area contributed by atoms with Crippen LogP contribution in [0.3, 0.4) is 0 Å². The van der Waals surface area contributed by atoms with Gasteiger partial charge < -0.3 is 10.2 Å². The molecule has 1 atom stereocenters. The molecule has 4 aliphatic rings. The van der Waals surface area contributed by atoms with Gasteiger partial charge in [-0.2, -0.15) is 0 Å². The zero-order valence-corrected chi connectivity index (χ0v) is 17.4. The van der Waals surface area contributed by atoms with Crippen molar-refractivity contribution in [3.8, 4) is 0 Å². The van der Waals surface area contributed by atoms with Gasteiger partial charge in [-0.25, -0.2) is 0 Å². The van der Waals surface area contributed by atoms with E-state index in [1.54, 1.807) is 0 Å². The molecule has 0 aromatic heterocycles. The van der Waals surface area contributed by atoms with Crippen LogP contribution >= 0.6 is 0 Å². The minimum atomic E-state index is -0.190. The number of hydrogen-bond donors (Lipinski definition) is 1. The molecule has 1 saturated carbocycles. The molecular formula is C22H40N4O. The standard InChI is InChI=1S/C22H40N4O/c1-24-16-9-20(10-17-24)25-13-7-8-19(18-25)23-21(27)22(11-3-2-4-12-22)26-14-5-6-15-26/h19-20H,2-18H2,1H3,(H,23,27)/t19-/m0/s1. The number of rotatable bonds is 4. The maximum atomic E-state index is 13.5. The van der Waals surface area contributed by atoms with Gasteiger partial charge in [-0.05, 0) is 91.1 Å². The predicted octanol–water partition coefficient (Wildman–Crippen LogP) is 2.46. The second-order valence-corrected chi connectivity index (χ2v) is 9.63. The highest BCUT2D eigenvalue weighted by Gasteiger charge is 2.46. The Morgan fingerprint density at radius 2 is 1.56 bits per heavy atom. The summed E-state index contributed by atoms with van der Waals surface area (Å²) in [5.74, 6) is 0.360. The van der Waals surface area contributed by atoms with E-state index < -0.39 is 0 Å². The highest BCUT2D eigenvalue weighted by molar-refractivity contribution is 5.86. The first-order chi connectivity index (χ1) is 13.2. The van der Waals surface area contributed by atoms with Gasteiger partial charge in [0.2, 0.25) is 5.91 Å². The van der Waals surface area contributed by atoms with Crippen molar-refractivity contribution in [2.75, 3.05) is 46.3 Å². The van der Waals surface area contributed by atoms with Gasteiger partial charge in [0.1, 0.15) is 5.54 Å². The van der Waals surface area contributed by atoms with Crippen molar-refractivity contribution in [1.29, 1.82) is 0 Å². The summed E-state index contributed by atoms with van der Waals surface area (Å²) in [5, 5.41) is 3.55. The first-order valence-corrected chi connectivity index (χ1v) is 11.7. The lowest BCUT2D eigenvalue weighted by Crippen LogP contribution is -2.62. The molecule has 1 aliphatic carbocycles. The molecule has 0 aromatic rings. The van der Waals surface area contributed by atoms with E-state index in [9.17, 15) is 4.79 Å². The highest BCUT2D eigenvalue weighted by Crippen LogP contribution is 2.36. The summed E-state index contributed by atoms with van der Waals surface area (Å²) in [4.78, 5) is 21.2. The van der Waals surface area contributed by atoms with Gasteiger partial charge in [-0.1, -0.05) is 19.3 Å². The van der Waals surface area contributed by atoms with Gasteiger partial charge in [0, 0.05) is 18.6 Å². The fourth-order valence-corrected chi connectivity index (χ4v) is 6.10. The third-order valence-corrected chi connectivity index (χ3v) is 7.81. The zero-order chi connectivity index (χ0) is 18.7. The largest absolute Gasteiger partial charge is 0.350 e. The first-order valence-electron chi connectivity index (χ1n) is 11.7. The van der Waals surface area contributed by atoms with Crippen molar-refractivity contribution >= 4 is 5.91 Å². The van der Waals surface area contributed by atoms with Crippen LogP contribution in [0.15, 0.2) is 0 Å². The van der Waals surface area contributed by atoms with E-state index in [0.717, 1.165) is 44.9 Å². The van der Waals surface area contributed by atoms with Crippen LogP contribution in [0.25, 0.3) is 0 Å². The average molecular weight is 377 g/mol. The molecule has 3 aliphatic heterocycles. The molecule has 0 bridgehead atoms. The van der Waals surface area contributed by atoms with Crippen LogP contribution < -0.4 is 5.32 Å². The average Bonchev–Trinajstić information content (AvgIpc) is 3.25. The Labute approximate surface area is 165 Å². The molecule has 5 heteroatoms. The summed E-state index contributed by atoms with van der Waals surface area (Å²) in [6, 6.07) is 1.08. The van der Waals surface area contributed by atoms with Crippen LogP contribution in [0.2, 0.25) is 0 Å². The van der Waals surface area contributed by atoms with E-state index in [1.165, 1.54) is 71.0 Å². The number of piperidine rings is 2. The quantitative estimate of drug-likeness (QED) is 0.818. The Hall–Kier alpha value is -0.650. The van der Waals surface area contributed by atoms with Crippen molar-refractivity contribution in [1.82, 2.24) is 20.0 Å². The summed E-state index contributed by atoms with van der Waals surface area (Å²) < 4.78 is 0. The van der Waals surface area contributed by atoms with Crippen LogP contribution in [-0.4, -0.2) is 84.5 Å². The smallest absolute Gasteiger partial charge is 0.240 e. The molecule has 154 valence electrons. The summed E-state index contributed by atoms with van der Waals surface area (Å²) in [6.45, 7) is 6.97. The topological polar surface area (TPSA) is 38.8 Å². The van der Waals surface area contributed by atoms with Crippen molar-refractivity contribution in [2.24, 2.45) is 0 Å². The van der Waals surface area contributed by atoms with Gasteiger partial charge >= 0.3 is 0 Å². The van der Waals surface area contributed by atoms with Crippen LogP contribution in [0, 0.1) is 0 Å². The van der Waals surface area contributed by atoms with E-state index in [0.29, 0.717) is 11.9 Å².